The summed E-state index contributed by atoms with van der Waals surface area (Å²) in [4.78, 5) is 0. The molecule has 0 heterocycles. The first-order valence-corrected chi connectivity index (χ1v) is 7.24. The quantitative estimate of drug-likeness (QED) is 0.787. The Morgan fingerprint density at radius 2 is 1.89 bits per heavy atom. The van der Waals surface area contributed by atoms with Crippen molar-refractivity contribution in [2.45, 2.75) is 13.0 Å². The van der Waals surface area contributed by atoms with Crippen molar-refractivity contribution in [2.24, 2.45) is 5.73 Å². The van der Waals surface area contributed by atoms with Crippen molar-refractivity contribution < 1.29 is 9.13 Å². The lowest BCUT2D eigenvalue weighted by Gasteiger charge is -2.12. The first kappa shape index (κ1) is 14.5. The lowest BCUT2D eigenvalue weighted by molar-refractivity contribution is 0.441. The summed E-state index contributed by atoms with van der Waals surface area (Å²) in [6.45, 7) is 1.90. The first-order chi connectivity index (χ1) is 8.97. The summed E-state index contributed by atoms with van der Waals surface area (Å²) in [5.41, 5.74) is 6.80. The molecule has 0 saturated heterocycles. The Kier molecular flexibility index (Phi) is 4.60. The van der Waals surface area contributed by atoms with Crippen LogP contribution in [-0.2, 0) is 0 Å². The molecule has 0 saturated carbocycles. The van der Waals surface area contributed by atoms with E-state index in [0.717, 1.165) is 14.5 Å². The Morgan fingerprint density at radius 1 is 1.16 bits per heavy atom. The van der Waals surface area contributed by atoms with Gasteiger partial charge in [0.25, 0.3) is 0 Å². The normalized spacial score (nSPS) is 12.3. The predicted molar refractivity (Wildman–Crippen MR) is 80.9 cm³/mol. The second kappa shape index (κ2) is 6.03. The monoisotopic (exact) mass is 387 g/mol. The maximum Gasteiger partial charge on any atom is 0.165 e. The van der Waals surface area contributed by atoms with Crippen LogP contribution < -0.4 is 10.5 Å². The molecule has 100 valence electrons. The van der Waals surface area contributed by atoms with Crippen LogP contribution >= 0.6 is 31.9 Å². The average molecular weight is 389 g/mol. The van der Waals surface area contributed by atoms with Gasteiger partial charge in [0.2, 0.25) is 0 Å². The van der Waals surface area contributed by atoms with Crippen LogP contribution in [-0.4, -0.2) is 0 Å². The van der Waals surface area contributed by atoms with E-state index in [0.29, 0.717) is 5.75 Å². The third-order valence-electron chi connectivity index (χ3n) is 2.58. The fourth-order valence-electron chi connectivity index (χ4n) is 1.62. The van der Waals surface area contributed by atoms with Crippen LogP contribution in [0.3, 0.4) is 0 Å². The third-order valence-corrected chi connectivity index (χ3v) is 3.76. The molecule has 2 aromatic rings. The van der Waals surface area contributed by atoms with Gasteiger partial charge in [-0.2, -0.15) is 0 Å². The van der Waals surface area contributed by atoms with Gasteiger partial charge in [-0.3, -0.25) is 0 Å². The van der Waals surface area contributed by atoms with Gasteiger partial charge in [-0.05, 0) is 42.8 Å². The SMILES string of the molecule is C[C@@H](N)c1ccc(Oc2cc(Br)ccc2F)cc1Br. The zero-order valence-corrected chi connectivity index (χ0v) is 13.3. The summed E-state index contributed by atoms with van der Waals surface area (Å²) in [5.74, 6) is 0.318. The van der Waals surface area contributed by atoms with Crippen LogP contribution in [0.2, 0.25) is 0 Å². The van der Waals surface area contributed by atoms with Gasteiger partial charge in [-0.25, -0.2) is 4.39 Å². The molecular weight excluding hydrogens is 377 g/mol. The standard InChI is InChI=1S/C14H12Br2FNO/c1-8(18)11-4-3-10(7-12(11)16)19-14-6-9(15)2-5-13(14)17/h2-8H,18H2,1H3/t8-/m1/s1. The number of nitrogens with two attached hydrogens (primary N) is 1. The molecule has 2 nitrogen and oxygen atoms in total. The van der Waals surface area contributed by atoms with Gasteiger partial charge >= 0.3 is 0 Å². The summed E-state index contributed by atoms with van der Waals surface area (Å²) < 4.78 is 20.7. The van der Waals surface area contributed by atoms with E-state index < -0.39 is 5.82 Å². The number of rotatable bonds is 3. The summed E-state index contributed by atoms with van der Waals surface area (Å²) in [6.07, 6.45) is 0. The van der Waals surface area contributed by atoms with Crippen molar-refractivity contribution in [3.63, 3.8) is 0 Å². The Balaban J connectivity index is 2.29. The zero-order chi connectivity index (χ0) is 14.0. The van der Waals surface area contributed by atoms with E-state index in [1.165, 1.54) is 6.07 Å². The molecule has 0 unspecified atom stereocenters. The minimum atomic E-state index is -0.407. The maximum absolute atomic E-state index is 13.6. The molecule has 0 aliphatic rings. The van der Waals surface area contributed by atoms with Gasteiger partial charge in [0.15, 0.2) is 11.6 Å². The van der Waals surface area contributed by atoms with Crippen LogP contribution in [0.15, 0.2) is 45.3 Å². The number of halogens is 3. The molecule has 1 atom stereocenters. The van der Waals surface area contributed by atoms with Gasteiger partial charge in [0, 0.05) is 15.0 Å². The molecule has 2 N–H and O–H groups in total. The molecular formula is C14H12Br2FNO. The minimum Gasteiger partial charge on any atom is -0.454 e. The lowest BCUT2D eigenvalue weighted by Crippen LogP contribution is -2.05. The number of hydrogen-bond donors (Lipinski definition) is 1. The molecule has 19 heavy (non-hydrogen) atoms. The molecule has 0 radical (unpaired) electrons. The molecule has 2 rings (SSSR count). The summed E-state index contributed by atoms with van der Waals surface area (Å²) in [7, 11) is 0. The van der Waals surface area contributed by atoms with E-state index in [-0.39, 0.29) is 11.8 Å². The van der Waals surface area contributed by atoms with E-state index in [4.69, 9.17) is 10.5 Å². The summed E-state index contributed by atoms with van der Waals surface area (Å²) in [6, 6.07) is 9.89. The van der Waals surface area contributed by atoms with Crippen molar-refractivity contribution in [1.29, 1.82) is 0 Å². The van der Waals surface area contributed by atoms with Gasteiger partial charge in [-0.15, -0.1) is 0 Å². The second-order valence-corrected chi connectivity index (χ2v) is 5.92. The van der Waals surface area contributed by atoms with Crippen LogP contribution in [0.5, 0.6) is 11.5 Å². The Labute approximate surface area is 128 Å². The van der Waals surface area contributed by atoms with Gasteiger partial charge in [-0.1, -0.05) is 37.9 Å². The number of benzene rings is 2. The van der Waals surface area contributed by atoms with Crippen LogP contribution in [0, 0.1) is 5.82 Å². The predicted octanol–water partition coefficient (Wildman–Crippen LogP) is 5.16. The van der Waals surface area contributed by atoms with Crippen LogP contribution in [0.1, 0.15) is 18.5 Å². The second-order valence-electron chi connectivity index (χ2n) is 4.15. The molecule has 0 aliphatic carbocycles. The van der Waals surface area contributed by atoms with Crippen molar-refractivity contribution >= 4 is 31.9 Å². The van der Waals surface area contributed by atoms with Gasteiger partial charge < -0.3 is 10.5 Å². The molecule has 2 aromatic carbocycles. The highest BCUT2D eigenvalue weighted by atomic mass is 79.9. The summed E-state index contributed by atoms with van der Waals surface area (Å²) in [5, 5.41) is 0. The van der Waals surface area contributed by atoms with E-state index in [1.54, 1.807) is 24.3 Å². The first-order valence-electron chi connectivity index (χ1n) is 5.65. The Morgan fingerprint density at radius 3 is 2.53 bits per heavy atom. The Bertz CT molecular complexity index is 602. The number of hydrogen-bond acceptors (Lipinski definition) is 2. The van der Waals surface area contributed by atoms with Crippen molar-refractivity contribution in [2.75, 3.05) is 0 Å². The minimum absolute atomic E-state index is 0.0777. The molecule has 0 bridgehead atoms. The molecule has 0 aliphatic heterocycles. The highest BCUT2D eigenvalue weighted by Crippen LogP contribution is 2.31. The van der Waals surface area contributed by atoms with Gasteiger partial charge in [0.05, 0.1) is 0 Å². The van der Waals surface area contributed by atoms with Crippen LogP contribution in [0.25, 0.3) is 0 Å². The van der Waals surface area contributed by atoms with E-state index in [2.05, 4.69) is 31.9 Å². The van der Waals surface area contributed by atoms with Crippen LogP contribution in [0.4, 0.5) is 4.39 Å². The highest BCUT2D eigenvalue weighted by molar-refractivity contribution is 9.10. The highest BCUT2D eigenvalue weighted by Gasteiger charge is 2.09. The molecule has 0 fully saturated rings. The fraction of sp³-hybridized carbons (Fsp3) is 0.143. The Hall–Kier alpha value is -0.910. The zero-order valence-electron chi connectivity index (χ0n) is 10.2. The molecule has 5 heteroatoms. The fourth-order valence-corrected chi connectivity index (χ4v) is 2.68. The van der Waals surface area contributed by atoms with E-state index in [9.17, 15) is 4.39 Å². The van der Waals surface area contributed by atoms with Crippen molar-refractivity contribution in [3.05, 3.63) is 56.7 Å². The third kappa shape index (κ3) is 3.55. The van der Waals surface area contributed by atoms with Crippen molar-refractivity contribution in [1.82, 2.24) is 0 Å². The van der Waals surface area contributed by atoms with E-state index in [1.807, 2.05) is 13.0 Å². The summed E-state index contributed by atoms with van der Waals surface area (Å²) >= 11 is 6.71. The molecule has 0 spiro atoms. The van der Waals surface area contributed by atoms with Crippen molar-refractivity contribution in [3.8, 4) is 11.5 Å². The maximum atomic E-state index is 13.6. The molecule has 0 aromatic heterocycles. The number of ether oxygens (including phenoxy) is 1. The largest absolute Gasteiger partial charge is 0.454 e. The van der Waals surface area contributed by atoms with E-state index >= 15 is 0 Å². The molecule has 0 amide bonds. The topological polar surface area (TPSA) is 35.2 Å². The average Bonchev–Trinajstić information content (AvgIpc) is 2.33. The smallest absolute Gasteiger partial charge is 0.165 e. The lowest BCUT2D eigenvalue weighted by atomic mass is 10.1. The van der Waals surface area contributed by atoms with Gasteiger partial charge in [0.1, 0.15) is 5.75 Å².